The molecule has 0 amide bonds. The van der Waals surface area contributed by atoms with E-state index in [1.807, 2.05) is 18.2 Å². The summed E-state index contributed by atoms with van der Waals surface area (Å²) in [5.74, 6) is 1.33. The van der Waals surface area contributed by atoms with Crippen molar-refractivity contribution in [2.75, 3.05) is 0 Å². The van der Waals surface area contributed by atoms with E-state index in [1.165, 1.54) is 0 Å². The molecule has 0 saturated heterocycles. The van der Waals surface area contributed by atoms with Gasteiger partial charge in [0.2, 0.25) is 0 Å². The summed E-state index contributed by atoms with van der Waals surface area (Å²) >= 11 is 5.93. The number of benzene rings is 2. The quantitative estimate of drug-likeness (QED) is 0.703. The fraction of sp³-hybridized carbons (Fsp3) is 0.0714. The number of ketones is 1. The Bertz CT molecular complexity index is 605. The lowest BCUT2D eigenvalue weighted by atomic mass is 10.0. The minimum atomic E-state index is 0.0710. The molecule has 0 spiro atoms. The Morgan fingerprint density at radius 2 is 1.88 bits per heavy atom. The largest absolute Gasteiger partial charge is 0.456 e. The Kier molecular flexibility index (Phi) is 2.37. The predicted octanol–water partition coefficient (Wildman–Crippen LogP) is 3.87. The van der Waals surface area contributed by atoms with Crippen LogP contribution in [0.25, 0.3) is 0 Å². The smallest absolute Gasteiger partial charge is 0.171 e. The fourth-order valence-electron chi connectivity index (χ4n) is 1.94. The Labute approximate surface area is 104 Å². The highest BCUT2D eigenvalue weighted by molar-refractivity contribution is 6.30. The summed E-state index contributed by atoms with van der Waals surface area (Å²) in [5, 5.41) is 0.607. The zero-order valence-electron chi connectivity index (χ0n) is 8.94. The third kappa shape index (κ3) is 1.81. The molecule has 0 aliphatic carbocycles. The third-order valence-corrected chi connectivity index (χ3v) is 3.02. The lowest BCUT2D eigenvalue weighted by Gasteiger charge is -2.07. The Morgan fingerprint density at radius 3 is 2.76 bits per heavy atom. The van der Waals surface area contributed by atoms with E-state index in [0.29, 0.717) is 28.5 Å². The molecule has 0 radical (unpaired) electrons. The van der Waals surface area contributed by atoms with Gasteiger partial charge in [0, 0.05) is 17.0 Å². The van der Waals surface area contributed by atoms with E-state index in [9.17, 15) is 4.79 Å². The van der Waals surface area contributed by atoms with Gasteiger partial charge in [0.1, 0.15) is 11.5 Å². The number of halogens is 1. The van der Waals surface area contributed by atoms with E-state index < -0.39 is 0 Å². The van der Waals surface area contributed by atoms with E-state index in [0.717, 1.165) is 5.56 Å². The molecule has 1 aliphatic rings. The van der Waals surface area contributed by atoms with Gasteiger partial charge in [-0.05, 0) is 24.3 Å². The number of ether oxygens (including phenoxy) is 1. The van der Waals surface area contributed by atoms with Crippen LogP contribution >= 0.6 is 11.6 Å². The third-order valence-electron chi connectivity index (χ3n) is 2.79. The number of fused-ring (bicyclic) bond motifs is 2. The number of hydrogen-bond acceptors (Lipinski definition) is 2. The van der Waals surface area contributed by atoms with Crippen LogP contribution < -0.4 is 4.74 Å². The summed E-state index contributed by atoms with van der Waals surface area (Å²) in [6, 6.07) is 12.6. The molecule has 1 heterocycles. The molecule has 0 N–H and O–H groups in total. The number of Topliss-reactive ketones (excluding diaryl/α,β-unsaturated/α-hetero) is 1. The van der Waals surface area contributed by atoms with Gasteiger partial charge >= 0.3 is 0 Å². The summed E-state index contributed by atoms with van der Waals surface area (Å²) in [6.07, 6.45) is 0.351. The van der Waals surface area contributed by atoms with Gasteiger partial charge < -0.3 is 4.74 Å². The lowest BCUT2D eigenvalue weighted by Crippen LogP contribution is -2.01. The van der Waals surface area contributed by atoms with Crippen LogP contribution in [0, 0.1) is 0 Å². The molecule has 84 valence electrons. The van der Waals surface area contributed by atoms with E-state index in [4.69, 9.17) is 16.3 Å². The number of carbonyl (C=O) groups excluding carboxylic acids is 1. The average molecular weight is 245 g/mol. The monoisotopic (exact) mass is 244 g/mol. The van der Waals surface area contributed by atoms with Gasteiger partial charge in [0.15, 0.2) is 5.78 Å². The van der Waals surface area contributed by atoms with Crippen molar-refractivity contribution in [3.63, 3.8) is 0 Å². The van der Waals surface area contributed by atoms with Crippen molar-refractivity contribution in [3.8, 4) is 11.5 Å². The molecule has 17 heavy (non-hydrogen) atoms. The summed E-state index contributed by atoms with van der Waals surface area (Å²) in [7, 11) is 0. The molecule has 2 aromatic rings. The predicted molar refractivity (Wildman–Crippen MR) is 66.0 cm³/mol. The lowest BCUT2D eigenvalue weighted by molar-refractivity contribution is 0.0993. The van der Waals surface area contributed by atoms with Crippen LogP contribution in [0.15, 0.2) is 42.5 Å². The second-order valence-electron chi connectivity index (χ2n) is 3.95. The molecule has 3 heteroatoms. The minimum absolute atomic E-state index is 0.0710. The van der Waals surface area contributed by atoms with Crippen LogP contribution in [0.1, 0.15) is 15.9 Å². The first kappa shape index (κ1) is 10.4. The molecule has 0 bridgehead atoms. The second kappa shape index (κ2) is 3.90. The maximum atomic E-state index is 12.0. The number of rotatable bonds is 0. The van der Waals surface area contributed by atoms with Crippen molar-refractivity contribution in [1.29, 1.82) is 0 Å². The molecule has 1 aliphatic heterocycles. The molecule has 0 unspecified atom stereocenters. The first-order chi connectivity index (χ1) is 8.24. The van der Waals surface area contributed by atoms with Crippen LogP contribution in [0.5, 0.6) is 11.5 Å². The molecule has 0 aromatic heterocycles. The van der Waals surface area contributed by atoms with Crippen molar-refractivity contribution >= 4 is 17.4 Å². The summed E-state index contributed by atoms with van der Waals surface area (Å²) in [6.45, 7) is 0. The summed E-state index contributed by atoms with van der Waals surface area (Å²) in [5.41, 5.74) is 1.50. The van der Waals surface area contributed by atoms with Gasteiger partial charge in [-0.2, -0.15) is 0 Å². The zero-order valence-corrected chi connectivity index (χ0v) is 9.70. The van der Waals surface area contributed by atoms with Crippen LogP contribution in [-0.2, 0) is 6.42 Å². The number of carbonyl (C=O) groups is 1. The molecule has 0 saturated carbocycles. The number of para-hydroxylation sites is 1. The standard InChI is InChI=1S/C14H9ClO2/c15-10-6-5-9-7-12(16)11-3-1-2-4-13(11)17-14(9)8-10/h1-6,8H,7H2. The Balaban J connectivity index is 2.18. The fourth-order valence-corrected chi connectivity index (χ4v) is 2.10. The average Bonchev–Trinajstić information content (AvgIpc) is 2.46. The van der Waals surface area contributed by atoms with Gasteiger partial charge in [-0.15, -0.1) is 0 Å². The Morgan fingerprint density at radius 1 is 1.06 bits per heavy atom. The van der Waals surface area contributed by atoms with Gasteiger partial charge in [-0.1, -0.05) is 29.8 Å². The van der Waals surface area contributed by atoms with Gasteiger partial charge in [-0.25, -0.2) is 0 Å². The van der Waals surface area contributed by atoms with Gasteiger partial charge in [-0.3, -0.25) is 4.79 Å². The first-order valence-electron chi connectivity index (χ1n) is 5.32. The van der Waals surface area contributed by atoms with Crippen LogP contribution in [0.4, 0.5) is 0 Å². The van der Waals surface area contributed by atoms with Crippen molar-refractivity contribution in [2.45, 2.75) is 6.42 Å². The van der Waals surface area contributed by atoms with Gasteiger partial charge in [0.05, 0.1) is 5.56 Å². The van der Waals surface area contributed by atoms with E-state index in [2.05, 4.69) is 0 Å². The Hall–Kier alpha value is -1.80. The minimum Gasteiger partial charge on any atom is -0.456 e. The van der Waals surface area contributed by atoms with E-state index >= 15 is 0 Å². The van der Waals surface area contributed by atoms with Crippen molar-refractivity contribution < 1.29 is 9.53 Å². The topological polar surface area (TPSA) is 26.3 Å². The van der Waals surface area contributed by atoms with Crippen molar-refractivity contribution in [2.24, 2.45) is 0 Å². The zero-order chi connectivity index (χ0) is 11.8. The van der Waals surface area contributed by atoms with Crippen LogP contribution in [0.2, 0.25) is 5.02 Å². The second-order valence-corrected chi connectivity index (χ2v) is 4.39. The maximum absolute atomic E-state index is 12.0. The normalized spacial score (nSPS) is 13.4. The highest BCUT2D eigenvalue weighted by Crippen LogP contribution is 2.34. The van der Waals surface area contributed by atoms with E-state index in [1.54, 1.807) is 24.3 Å². The van der Waals surface area contributed by atoms with E-state index in [-0.39, 0.29) is 5.78 Å². The molecular weight excluding hydrogens is 236 g/mol. The SMILES string of the molecule is O=C1Cc2ccc(Cl)cc2Oc2ccccc21. The maximum Gasteiger partial charge on any atom is 0.171 e. The van der Waals surface area contributed by atoms with Gasteiger partial charge in [0.25, 0.3) is 0 Å². The van der Waals surface area contributed by atoms with Crippen LogP contribution in [0.3, 0.4) is 0 Å². The number of hydrogen-bond donors (Lipinski definition) is 0. The van der Waals surface area contributed by atoms with Crippen LogP contribution in [-0.4, -0.2) is 5.78 Å². The summed E-state index contributed by atoms with van der Waals surface area (Å²) < 4.78 is 5.75. The molecule has 2 nitrogen and oxygen atoms in total. The highest BCUT2D eigenvalue weighted by Gasteiger charge is 2.20. The molecule has 0 atom stereocenters. The van der Waals surface area contributed by atoms with Crippen molar-refractivity contribution in [3.05, 3.63) is 58.6 Å². The summed E-state index contributed by atoms with van der Waals surface area (Å²) in [4.78, 5) is 12.0. The molecule has 0 fully saturated rings. The highest BCUT2D eigenvalue weighted by atomic mass is 35.5. The molecule has 3 rings (SSSR count). The van der Waals surface area contributed by atoms with Crippen molar-refractivity contribution in [1.82, 2.24) is 0 Å². The molecular formula is C14H9ClO2. The first-order valence-corrected chi connectivity index (χ1v) is 5.70. The molecule has 2 aromatic carbocycles.